The Morgan fingerprint density at radius 3 is 2.48 bits per heavy atom. The number of ether oxygens (including phenoxy) is 1. The summed E-state index contributed by atoms with van der Waals surface area (Å²) in [5, 5.41) is 20.4. The van der Waals surface area contributed by atoms with Crippen molar-refractivity contribution in [2.24, 2.45) is 0 Å². The second-order valence-corrected chi connectivity index (χ2v) is 9.74. The minimum atomic E-state index is -2.45. The third kappa shape index (κ3) is 4.48. The summed E-state index contributed by atoms with van der Waals surface area (Å²) in [6, 6.07) is 18.8. The van der Waals surface area contributed by atoms with Crippen LogP contribution in [0.1, 0.15) is 49.8 Å². The maximum atomic E-state index is 10.1. The molecule has 3 aromatic rings. The molecule has 0 aromatic heterocycles. The number of benzene rings is 3. The molecule has 0 radical (unpaired) electrons. The van der Waals surface area contributed by atoms with Gasteiger partial charge in [-0.25, -0.2) is 0 Å². The van der Waals surface area contributed by atoms with Crippen LogP contribution in [0.15, 0.2) is 71.6 Å². The standard InChI is InChI=1S/C28H29NO3S/c1-3-14-29-16-24(17-29)33-23-11-6-20(7-12-23)28-27(19-4-8-21(30)9-5-19)18(2)25-13-10-22(31)15-26(25)32-28/h4-13,15,24,28,30-31H,3,14,16-17H2,1-2H3/i1D2,2D3. The summed E-state index contributed by atoms with van der Waals surface area (Å²) in [6.07, 6.45) is -0.172. The van der Waals surface area contributed by atoms with Gasteiger partial charge in [0.05, 0.1) is 0 Å². The second kappa shape index (κ2) is 9.16. The predicted octanol–water partition coefficient (Wildman–Crippen LogP) is 6.35. The zero-order chi connectivity index (χ0) is 27.0. The Kier molecular flexibility index (Phi) is 4.63. The number of fused-ring (bicyclic) bond motifs is 1. The SMILES string of the molecule is [2H]C([2H])CCN1CC(Sc2ccc(C3Oc4cc(O)ccc4C(C([2H])([2H])[2H])=C3c3ccc(O)cc3)cc2)C1. The molecule has 0 saturated carbocycles. The van der Waals surface area contributed by atoms with Gasteiger partial charge in [0, 0.05) is 47.3 Å². The number of hydrogen-bond donors (Lipinski definition) is 2. The number of hydrogen-bond acceptors (Lipinski definition) is 5. The quantitative estimate of drug-likeness (QED) is 0.445. The zero-order valence-electron chi connectivity index (χ0n) is 23.1. The molecular weight excluding hydrogens is 430 g/mol. The zero-order valence-corrected chi connectivity index (χ0v) is 18.9. The average molecular weight is 465 g/mol. The predicted molar refractivity (Wildman–Crippen MR) is 135 cm³/mol. The van der Waals surface area contributed by atoms with Gasteiger partial charge in [0.2, 0.25) is 0 Å². The lowest BCUT2D eigenvalue weighted by molar-refractivity contribution is 0.191. The van der Waals surface area contributed by atoms with Crippen molar-refractivity contribution in [3.8, 4) is 17.2 Å². The maximum Gasteiger partial charge on any atom is 0.150 e. The number of phenols is 2. The Bertz CT molecular complexity index is 1320. The topological polar surface area (TPSA) is 52.9 Å². The lowest BCUT2D eigenvalue weighted by Gasteiger charge is -2.38. The number of phenolic OH excluding ortho intramolecular Hbond substituents is 2. The van der Waals surface area contributed by atoms with Crippen molar-refractivity contribution in [2.75, 3.05) is 19.6 Å². The van der Waals surface area contributed by atoms with Crippen molar-refractivity contribution in [2.45, 2.75) is 36.4 Å². The van der Waals surface area contributed by atoms with Crippen LogP contribution >= 0.6 is 11.8 Å². The third-order valence-electron chi connectivity index (χ3n) is 6.04. The first kappa shape index (κ1) is 16.7. The van der Waals surface area contributed by atoms with E-state index in [1.54, 1.807) is 30.0 Å². The minimum absolute atomic E-state index is 0.0114. The molecule has 1 fully saturated rings. The lowest BCUT2D eigenvalue weighted by atomic mass is 9.86. The first-order valence-electron chi connectivity index (χ1n) is 13.6. The maximum absolute atomic E-state index is 10.1. The molecule has 0 amide bonds. The van der Waals surface area contributed by atoms with Crippen molar-refractivity contribution in [3.63, 3.8) is 0 Å². The molecule has 2 heterocycles. The summed E-state index contributed by atoms with van der Waals surface area (Å²) in [6.45, 7) is -0.588. The highest BCUT2D eigenvalue weighted by atomic mass is 32.2. The van der Waals surface area contributed by atoms with Crippen LogP contribution in [-0.4, -0.2) is 40.0 Å². The molecule has 2 aliphatic heterocycles. The van der Waals surface area contributed by atoms with Gasteiger partial charge in [0.25, 0.3) is 0 Å². The number of aromatic hydroxyl groups is 2. The van der Waals surface area contributed by atoms with Crippen molar-refractivity contribution in [3.05, 3.63) is 83.4 Å². The van der Waals surface area contributed by atoms with Crippen LogP contribution in [0.5, 0.6) is 17.2 Å². The van der Waals surface area contributed by atoms with Gasteiger partial charge >= 0.3 is 0 Å². The van der Waals surface area contributed by atoms with Crippen LogP contribution in [0.25, 0.3) is 11.1 Å². The van der Waals surface area contributed by atoms with E-state index in [4.69, 9.17) is 11.6 Å². The van der Waals surface area contributed by atoms with Gasteiger partial charge in [-0.15, -0.1) is 11.8 Å². The van der Waals surface area contributed by atoms with E-state index in [1.165, 1.54) is 24.3 Å². The summed E-state index contributed by atoms with van der Waals surface area (Å²) < 4.78 is 46.2. The highest BCUT2D eigenvalue weighted by molar-refractivity contribution is 8.00. The minimum Gasteiger partial charge on any atom is -0.508 e. The molecule has 5 rings (SSSR count). The van der Waals surface area contributed by atoms with Crippen LogP contribution in [0.3, 0.4) is 0 Å². The van der Waals surface area contributed by atoms with Gasteiger partial charge < -0.3 is 19.8 Å². The van der Waals surface area contributed by atoms with Crippen molar-refractivity contribution >= 4 is 22.9 Å². The fraction of sp³-hybridized carbons (Fsp3) is 0.286. The van der Waals surface area contributed by atoms with E-state index in [1.807, 2.05) is 24.3 Å². The number of likely N-dealkylation sites (tertiary alicyclic amines) is 1. The van der Waals surface area contributed by atoms with Crippen LogP contribution in [-0.2, 0) is 0 Å². The smallest absolute Gasteiger partial charge is 0.150 e. The van der Waals surface area contributed by atoms with Crippen LogP contribution in [0, 0.1) is 0 Å². The van der Waals surface area contributed by atoms with Gasteiger partial charge in [0.15, 0.2) is 0 Å². The van der Waals surface area contributed by atoms with Gasteiger partial charge in [-0.2, -0.15) is 0 Å². The lowest BCUT2D eigenvalue weighted by Crippen LogP contribution is -2.48. The van der Waals surface area contributed by atoms with Gasteiger partial charge in [-0.05, 0) is 72.9 Å². The van der Waals surface area contributed by atoms with E-state index in [2.05, 4.69) is 4.90 Å². The number of rotatable bonds is 6. The Labute approximate surface area is 206 Å². The van der Waals surface area contributed by atoms with Crippen LogP contribution in [0.2, 0.25) is 0 Å². The van der Waals surface area contributed by atoms with E-state index in [0.717, 1.165) is 30.1 Å². The molecule has 170 valence electrons. The molecule has 0 spiro atoms. The molecule has 0 bridgehead atoms. The van der Waals surface area contributed by atoms with Gasteiger partial charge in [-0.1, -0.05) is 31.1 Å². The average Bonchev–Trinajstić information content (AvgIpc) is 2.84. The summed E-state index contributed by atoms with van der Waals surface area (Å²) in [5.74, 6) is 0.375. The second-order valence-electron chi connectivity index (χ2n) is 8.37. The van der Waals surface area contributed by atoms with E-state index < -0.39 is 19.8 Å². The molecule has 1 saturated heterocycles. The molecule has 0 aliphatic carbocycles. The molecule has 2 N–H and O–H groups in total. The van der Waals surface area contributed by atoms with Gasteiger partial charge in [0.1, 0.15) is 23.4 Å². The Morgan fingerprint density at radius 2 is 1.76 bits per heavy atom. The van der Waals surface area contributed by atoms with E-state index in [0.29, 0.717) is 34.1 Å². The first-order chi connectivity index (χ1) is 18.1. The molecule has 4 nitrogen and oxygen atoms in total. The fourth-order valence-electron chi connectivity index (χ4n) is 4.32. The Balaban J connectivity index is 1.46. The summed E-state index contributed by atoms with van der Waals surface area (Å²) in [4.78, 5) is 3.35. The Morgan fingerprint density at radius 1 is 1.00 bits per heavy atom. The molecule has 33 heavy (non-hydrogen) atoms. The first-order valence-corrected chi connectivity index (χ1v) is 11.8. The summed E-state index contributed by atoms with van der Waals surface area (Å²) >= 11 is 1.78. The van der Waals surface area contributed by atoms with Crippen LogP contribution in [0.4, 0.5) is 0 Å². The summed E-state index contributed by atoms with van der Waals surface area (Å²) in [7, 11) is 0. The van der Waals surface area contributed by atoms with Crippen molar-refractivity contribution in [1.82, 2.24) is 4.90 Å². The Hall–Kier alpha value is -2.89. The largest absolute Gasteiger partial charge is 0.508 e. The fourth-order valence-corrected chi connectivity index (χ4v) is 5.57. The number of thioether (sulfide) groups is 1. The van der Waals surface area contributed by atoms with E-state index in [-0.39, 0.29) is 17.1 Å². The molecule has 5 heteroatoms. The van der Waals surface area contributed by atoms with Gasteiger partial charge in [-0.3, -0.25) is 0 Å². The number of allylic oxidation sites excluding steroid dienone is 1. The molecule has 3 aromatic carbocycles. The number of nitrogens with zero attached hydrogens (tertiary/aromatic N) is 1. The monoisotopic (exact) mass is 464 g/mol. The highest BCUT2D eigenvalue weighted by Crippen LogP contribution is 2.47. The van der Waals surface area contributed by atoms with Crippen LogP contribution < -0.4 is 4.74 Å². The third-order valence-corrected chi connectivity index (χ3v) is 7.22. The van der Waals surface area contributed by atoms with E-state index in [9.17, 15) is 10.2 Å². The van der Waals surface area contributed by atoms with E-state index >= 15 is 0 Å². The van der Waals surface area contributed by atoms with Crippen molar-refractivity contribution < 1.29 is 21.8 Å². The molecular formula is C28H29NO3S. The van der Waals surface area contributed by atoms with Crippen molar-refractivity contribution in [1.29, 1.82) is 0 Å². The summed E-state index contributed by atoms with van der Waals surface area (Å²) in [5.41, 5.74) is 2.48. The molecule has 2 aliphatic rings. The normalized spacial score (nSPS) is 21.2. The molecule has 1 unspecified atom stereocenters. The highest BCUT2D eigenvalue weighted by Gasteiger charge is 2.30. The molecule has 1 atom stereocenters.